The number of hydrogen-bond donors (Lipinski definition) is 2. The third-order valence-corrected chi connectivity index (χ3v) is 5.51. The maximum Gasteiger partial charge on any atom is 0.336 e. The molecule has 2 aromatic rings. The number of nitrogens with two attached hydrogens (primary N) is 1. The van der Waals surface area contributed by atoms with E-state index in [2.05, 4.69) is 12.2 Å². The van der Waals surface area contributed by atoms with Crippen molar-refractivity contribution in [3.05, 3.63) is 39.7 Å². The second-order valence-electron chi connectivity index (χ2n) is 7.79. The van der Waals surface area contributed by atoms with Gasteiger partial charge in [-0.05, 0) is 63.6 Å². The monoisotopic (exact) mass is 422 g/mol. The van der Waals surface area contributed by atoms with Gasteiger partial charge in [0.1, 0.15) is 11.3 Å². The Bertz CT molecular complexity index is 904. The third-order valence-electron chi connectivity index (χ3n) is 5.51. The Morgan fingerprint density at radius 3 is 2.66 bits per heavy atom. The quantitative estimate of drug-likeness (QED) is 0.693. The number of nitrogens with one attached hydrogen (secondary N) is 1. The summed E-state index contributed by atoms with van der Waals surface area (Å²) in [6.45, 7) is 5.66. The molecule has 1 heterocycles. The maximum absolute atomic E-state index is 12.5. The fourth-order valence-electron chi connectivity index (χ4n) is 3.84. The van der Waals surface area contributed by atoms with Gasteiger partial charge in [-0.3, -0.25) is 4.79 Å². The van der Waals surface area contributed by atoms with Gasteiger partial charge in [-0.25, -0.2) is 4.79 Å². The van der Waals surface area contributed by atoms with Crippen molar-refractivity contribution in [2.24, 2.45) is 5.73 Å². The number of hydrogen-bond acceptors (Lipinski definition) is 5. The summed E-state index contributed by atoms with van der Waals surface area (Å²) in [5, 5.41) is 3.98. The summed E-state index contributed by atoms with van der Waals surface area (Å²) >= 11 is 0. The lowest BCUT2D eigenvalue weighted by Gasteiger charge is -2.28. The number of rotatable bonds is 6. The smallest absolute Gasteiger partial charge is 0.336 e. The second kappa shape index (κ2) is 10.1. The summed E-state index contributed by atoms with van der Waals surface area (Å²) in [5.74, 6) is 0.416. The summed E-state index contributed by atoms with van der Waals surface area (Å²) in [6, 6.07) is 5.71. The van der Waals surface area contributed by atoms with Crippen LogP contribution in [0.4, 0.5) is 0 Å². The molecule has 6 nitrogen and oxygen atoms in total. The number of fused-ring (bicyclic) bond motifs is 1. The summed E-state index contributed by atoms with van der Waals surface area (Å²) in [6.07, 6.45) is 4.79. The Morgan fingerprint density at radius 2 is 2.00 bits per heavy atom. The molecule has 1 aromatic heterocycles. The lowest BCUT2D eigenvalue weighted by Crippen LogP contribution is -2.45. The SMILES string of the molecule is CCCc1cc(=O)oc2c(C)c(OC(C)C(=O)NC3CCC(N)CC3)ccc12.Cl. The molecule has 1 amide bonds. The van der Waals surface area contributed by atoms with E-state index in [9.17, 15) is 9.59 Å². The number of carbonyl (C=O) groups excluding carboxylic acids is 1. The molecule has 0 bridgehead atoms. The lowest BCUT2D eigenvalue weighted by molar-refractivity contribution is -0.128. The van der Waals surface area contributed by atoms with Crippen LogP contribution in [0.1, 0.15) is 57.1 Å². The van der Waals surface area contributed by atoms with Crippen LogP contribution >= 0.6 is 12.4 Å². The first-order valence-corrected chi connectivity index (χ1v) is 10.2. The van der Waals surface area contributed by atoms with Crippen LogP contribution in [-0.4, -0.2) is 24.1 Å². The summed E-state index contributed by atoms with van der Waals surface area (Å²) in [7, 11) is 0. The molecule has 160 valence electrons. The molecular weight excluding hydrogens is 392 g/mol. The maximum atomic E-state index is 12.5. The summed E-state index contributed by atoms with van der Waals surface area (Å²) in [4.78, 5) is 24.5. The number of ether oxygens (including phenoxy) is 1. The van der Waals surface area contributed by atoms with Crippen LogP contribution in [0.15, 0.2) is 27.4 Å². The van der Waals surface area contributed by atoms with Crippen LogP contribution in [0.3, 0.4) is 0 Å². The van der Waals surface area contributed by atoms with Gasteiger partial charge in [-0.2, -0.15) is 0 Å². The molecule has 0 saturated heterocycles. The highest BCUT2D eigenvalue weighted by atomic mass is 35.5. The minimum absolute atomic E-state index is 0. The number of carbonyl (C=O) groups is 1. The molecule has 1 aromatic carbocycles. The minimum atomic E-state index is -0.641. The van der Waals surface area contributed by atoms with Crippen molar-refractivity contribution in [1.29, 1.82) is 0 Å². The summed E-state index contributed by atoms with van der Waals surface area (Å²) in [5.41, 5.74) is 7.80. The zero-order valence-corrected chi connectivity index (χ0v) is 18.1. The molecule has 3 N–H and O–H groups in total. The predicted octanol–water partition coefficient (Wildman–Crippen LogP) is 3.63. The molecule has 3 rings (SSSR count). The Morgan fingerprint density at radius 1 is 1.31 bits per heavy atom. The molecule has 7 heteroatoms. The second-order valence-corrected chi connectivity index (χ2v) is 7.79. The van der Waals surface area contributed by atoms with Gasteiger partial charge in [-0.15, -0.1) is 12.4 Å². The third kappa shape index (κ3) is 5.52. The van der Waals surface area contributed by atoms with Gasteiger partial charge in [0, 0.05) is 29.1 Å². The van der Waals surface area contributed by atoms with Crippen LogP contribution < -0.4 is 21.4 Å². The van der Waals surface area contributed by atoms with E-state index in [1.165, 1.54) is 0 Å². The van der Waals surface area contributed by atoms with E-state index in [0.717, 1.165) is 55.0 Å². The number of benzene rings is 1. The van der Waals surface area contributed by atoms with Gasteiger partial charge in [0.05, 0.1) is 0 Å². The molecule has 1 fully saturated rings. The molecule has 1 atom stereocenters. The zero-order valence-electron chi connectivity index (χ0n) is 17.3. The van der Waals surface area contributed by atoms with Crippen molar-refractivity contribution in [2.75, 3.05) is 0 Å². The highest BCUT2D eigenvalue weighted by molar-refractivity contribution is 5.86. The van der Waals surface area contributed by atoms with Crippen molar-refractivity contribution < 1.29 is 13.9 Å². The first-order chi connectivity index (χ1) is 13.4. The van der Waals surface area contributed by atoms with Crippen molar-refractivity contribution in [2.45, 2.75) is 77.5 Å². The van der Waals surface area contributed by atoms with E-state index in [1.807, 2.05) is 19.1 Å². The van der Waals surface area contributed by atoms with E-state index in [-0.39, 0.29) is 36.0 Å². The predicted molar refractivity (Wildman–Crippen MR) is 117 cm³/mol. The van der Waals surface area contributed by atoms with Gasteiger partial charge >= 0.3 is 5.63 Å². The normalized spacial score (nSPS) is 20.0. The van der Waals surface area contributed by atoms with Crippen LogP contribution in [0, 0.1) is 6.92 Å². The number of aryl methyl sites for hydroxylation is 2. The minimum Gasteiger partial charge on any atom is -0.480 e. The molecule has 1 saturated carbocycles. The van der Waals surface area contributed by atoms with E-state index in [4.69, 9.17) is 14.9 Å². The standard InChI is InChI=1S/C22H30N2O4.ClH/c1-4-5-15-12-20(25)28-21-13(2)19(11-10-18(15)21)27-14(3)22(26)24-17-8-6-16(23)7-9-17;/h10-12,14,16-17H,4-9,23H2,1-3H3,(H,24,26);1H. The average Bonchev–Trinajstić information content (AvgIpc) is 2.66. The highest BCUT2D eigenvalue weighted by Crippen LogP contribution is 2.29. The van der Waals surface area contributed by atoms with Gasteiger partial charge < -0.3 is 20.2 Å². The fraction of sp³-hybridized carbons (Fsp3) is 0.545. The lowest BCUT2D eigenvalue weighted by atomic mass is 9.92. The van der Waals surface area contributed by atoms with Gasteiger partial charge in [-0.1, -0.05) is 13.3 Å². The number of amides is 1. The number of halogens is 1. The van der Waals surface area contributed by atoms with Crippen LogP contribution in [-0.2, 0) is 11.2 Å². The van der Waals surface area contributed by atoms with Crippen LogP contribution in [0.5, 0.6) is 5.75 Å². The Hall–Kier alpha value is -2.05. The molecule has 29 heavy (non-hydrogen) atoms. The van der Waals surface area contributed by atoms with Gasteiger partial charge in [0.15, 0.2) is 6.10 Å². The molecular formula is C22H31ClN2O4. The molecule has 0 spiro atoms. The van der Waals surface area contributed by atoms with E-state index >= 15 is 0 Å². The molecule has 1 aliphatic carbocycles. The van der Waals surface area contributed by atoms with Gasteiger partial charge in [0.2, 0.25) is 0 Å². The highest BCUT2D eigenvalue weighted by Gasteiger charge is 2.24. The van der Waals surface area contributed by atoms with Gasteiger partial charge in [0.25, 0.3) is 5.91 Å². The van der Waals surface area contributed by atoms with Crippen molar-refractivity contribution in [3.63, 3.8) is 0 Å². The Labute approximate surface area is 177 Å². The zero-order chi connectivity index (χ0) is 20.3. The van der Waals surface area contributed by atoms with Crippen LogP contribution in [0.25, 0.3) is 11.0 Å². The van der Waals surface area contributed by atoms with Crippen molar-refractivity contribution in [3.8, 4) is 5.75 Å². The molecule has 1 unspecified atom stereocenters. The van der Waals surface area contributed by atoms with E-state index in [0.29, 0.717) is 11.3 Å². The fourth-order valence-corrected chi connectivity index (χ4v) is 3.84. The molecule has 1 aliphatic rings. The molecule has 0 aliphatic heterocycles. The van der Waals surface area contributed by atoms with Crippen molar-refractivity contribution in [1.82, 2.24) is 5.32 Å². The Balaban J connectivity index is 0.00000300. The average molecular weight is 423 g/mol. The van der Waals surface area contributed by atoms with Crippen molar-refractivity contribution >= 4 is 29.3 Å². The molecule has 0 radical (unpaired) electrons. The largest absolute Gasteiger partial charge is 0.480 e. The summed E-state index contributed by atoms with van der Waals surface area (Å²) < 4.78 is 11.4. The Kier molecular flexibility index (Phi) is 8.11. The van der Waals surface area contributed by atoms with E-state index in [1.54, 1.807) is 13.0 Å². The first kappa shape index (κ1) is 23.2. The first-order valence-electron chi connectivity index (χ1n) is 10.2. The topological polar surface area (TPSA) is 94.6 Å². The van der Waals surface area contributed by atoms with E-state index < -0.39 is 6.10 Å². The van der Waals surface area contributed by atoms with Crippen LogP contribution in [0.2, 0.25) is 0 Å².